The van der Waals surface area contributed by atoms with Crippen molar-refractivity contribution >= 4 is 12.1 Å². The summed E-state index contributed by atoms with van der Waals surface area (Å²) in [6.07, 6.45) is 2.24. The van der Waals surface area contributed by atoms with Gasteiger partial charge in [0.05, 0.1) is 12.9 Å². The summed E-state index contributed by atoms with van der Waals surface area (Å²) in [5.41, 5.74) is 0.464. The number of anilines is 1. The van der Waals surface area contributed by atoms with E-state index in [1.165, 1.54) is 6.33 Å². The van der Waals surface area contributed by atoms with Crippen LogP contribution in [0.4, 0.5) is 5.82 Å². The Hall–Kier alpha value is -1.36. The molecule has 66 valence electrons. The summed E-state index contributed by atoms with van der Waals surface area (Å²) in [7, 11) is 1.69. The maximum Gasteiger partial charge on any atom is 0.170 e. The number of nitrogens with one attached hydrogen (secondary N) is 1. The average molecular weight is 169 g/mol. The molecule has 0 bridgehead atoms. The highest BCUT2D eigenvalue weighted by Gasteiger charge is 2.06. The molecule has 0 saturated heterocycles. The number of hydrogen-bond acceptors (Lipinski definition) is 4. The highest BCUT2D eigenvalue weighted by Crippen LogP contribution is 2.09. The van der Waals surface area contributed by atoms with Crippen LogP contribution >= 0.6 is 0 Å². The van der Waals surface area contributed by atoms with Crippen molar-refractivity contribution in [3.63, 3.8) is 0 Å². The summed E-state index contributed by atoms with van der Waals surface area (Å²) in [6.45, 7) is 0.392. The van der Waals surface area contributed by atoms with Crippen LogP contribution in [-0.4, -0.2) is 34.6 Å². The Balaban J connectivity index is 2.96. The van der Waals surface area contributed by atoms with Crippen LogP contribution in [0.5, 0.6) is 0 Å². The number of carbonyl (C=O) groups is 1. The Morgan fingerprint density at radius 1 is 1.83 bits per heavy atom. The van der Waals surface area contributed by atoms with E-state index in [4.69, 9.17) is 5.11 Å². The second-order valence-electron chi connectivity index (χ2n) is 2.26. The van der Waals surface area contributed by atoms with E-state index in [9.17, 15) is 4.79 Å². The van der Waals surface area contributed by atoms with Crippen LogP contribution < -0.4 is 5.32 Å². The third-order valence-corrected chi connectivity index (χ3v) is 1.57. The van der Waals surface area contributed by atoms with Crippen LogP contribution in [0.15, 0.2) is 6.33 Å². The molecule has 0 radical (unpaired) electrons. The van der Waals surface area contributed by atoms with Gasteiger partial charge in [-0.15, -0.1) is 0 Å². The normalized spacial score (nSPS) is 9.83. The highest BCUT2D eigenvalue weighted by atomic mass is 16.3. The van der Waals surface area contributed by atoms with Crippen molar-refractivity contribution in [1.82, 2.24) is 9.55 Å². The molecule has 5 nitrogen and oxygen atoms in total. The molecular formula is C7H11N3O2. The fourth-order valence-corrected chi connectivity index (χ4v) is 0.994. The lowest BCUT2D eigenvalue weighted by Crippen LogP contribution is -2.05. The number of aliphatic hydroxyl groups is 1. The molecule has 0 aliphatic heterocycles. The van der Waals surface area contributed by atoms with Crippen LogP contribution in [0, 0.1) is 0 Å². The minimum absolute atomic E-state index is 0.000351. The number of aliphatic hydroxyl groups excluding tert-OH is 1. The molecular weight excluding hydrogens is 158 g/mol. The van der Waals surface area contributed by atoms with Gasteiger partial charge < -0.3 is 15.0 Å². The van der Waals surface area contributed by atoms with Gasteiger partial charge >= 0.3 is 0 Å². The zero-order chi connectivity index (χ0) is 8.97. The number of imidazole rings is 1. The number of rotatable bonds is 4. The lowest BCUT2D eigenvalue weighted by Gasteiger charge is -2.00. The first kappa shape index (κ1) is 8.73. The highest BCUT2D eigenvalue weighted by molar-refractivity contribution is 5.80. The van der Waals surface area contributed by atoms with E-state index in [-0.39, 0.29) is 6.61 Å². The van der Waals surface area contributed by atoms with Crippen molar-refractivity contribution < 1.29 is 9.90 Å². The fourth-order valence-electron chi connectivity index (χ4n) is 0.994. The Bertz CT molecular complexity index is 270. The van der Waals surface area contributed by atoms with Crippen LogP contribution in [0.3, 0.4) is 0 Å². The van der Waals surface area contributed by atoms with E-state index in [0.717, 1.165) is 0 Å². The largest absolute Gasteiger partial charge is 0.395 e. The second-order valence-corrected chi connectivity index (χ2v) is 2.26. The molecule has 0 aliphatic carbocycles. The monoisotopic (exact) mass is 169 g/mol. The molecule has 0 aromatic carbocycles. The standard InChI is InChI=1S/C7H11N3O2/c1-8-7-6(4-12)10(2-3-11)5-9-7/h4-5,8,11H,2-3H2,1H3. The SMILES string of the molecule is CNc1ncn(CCO)c1C=O. The van der Waals surface area contributed by atoms with Crippen LogP contribution in [-0.2, 0) is 6.54 Å². The predicted molar refractivity (Wildman–Crippen MR) is 44.2 cm³/mol. The fraction of sp³-hybridized carbons (Fsp3) is 0.429. The van der Waals surface area contributed by atoms with E-state index < -0.39 is 0 Å². The molecule has 5 heteroatoms. The maximum absolute atomic E-state index is 10.6. The Kier molecular flexibility index (Phi) is 2.82. The summed E-state index contributed by atoms with van der Waals surface area (Å²) in [6, 6.07) is 0. The van der Waals surface area contributed by atoms with Gasteiger partial charge in [0.1, 0.15) is 5.69 Å². The first-order chi connectivity index (χ1) is 5.83. The quantitative estimate of drug-likeness (QED) is 0.609. The molecule has 0 unspecified atom stereocenters. The van der Waals surface area contributed by atoms with E-state index in [0.29, 0.717) is 24.3 Å². The molecule has 1 aromatic heterocycles. The maximum atomic E-state index is 10.6. The lowest BCUT2D eigenvalue weighted by atomic mass is 10.4. The van der Waals surface area contributed by atoms with Crippen molar-refractivity contribution in [3.8, 4) is 0 Å². The molecule has 1 rings (SSSR count). The molecule has 0 saturated carbocycles. The van der Waals surface area contributed by atoms with Gasteiger partial charge in [-0.05, 0) is 0 Å². The minimum Gasteiger partial charge on any atom is -0.395 e. The average Bonchev–Trinajstić information content (AvgIpc) is 2.47. The van der Waals surface area contributed by atoms with Gasteiger partial charge in [-0.1, -0.05) is 0 Å². The number of aromatic nitrogens is 2. The van der Waals surface area contributed by atoms with E-state index in [1.807, 2.05) is 0 Å². The molecule has 1 aromatic rings. The van der Waals surface area contributed by atoms with Gasteiger partial charge in [0.2, 0.25) is 0 Å². The van der Waals surface area contributed by atoms with Gasteiger partial charge in [0.25, 0.3) is 0 Å². The van der Waals surface area contributed by atoms with Gasteiger partial charge in [-0.2, -0.15) is 0 Å². The van der Waals surface area contributed by atoms with Crippen molar-refractivity contribution in [1.29, 1.82) is 0 Å². The summed E-state index contributed by atoms with van der Waals surface area (Å²) in [4.78, 5) is 14.5. The summed E-state index contributed by atoms with van der Waals surface area (Å²) >= 11 is 0. The Morgan fingerprint density at radius 2 is 2.58 bits per heavy atom. The van der Waals surface area contributed by atoms with Gasteiger partial charge in [0.15, 0.2) is 12.1 Å². The molecule has 1 heterocycles. The summed E-state index contributed by atoms with van der Waals surface area (Å²) in [5.74, 6) is 0.540. The van der Waals surface area contributed by atoms with Gasteiger partial charge in [-0.25, -0.2) is 4.98 Å². The zero-order valence-corrected chi connectivity index (χ0v) is 6.82. The van der Waals surface area contributed by atoms with Crippen LogP contribution in [0.2, 0.25) is 0 Å². The molecule has 0 spiro atoms. The predicted octanol–water partition coefficient (Wildman–Crippen LogP) is -0.270. The zero-order valence-electron chi connectivity index (χ0n) is 6.82. The molecule has 2 N–H and O–H groups in total. The Morgan fingerprint density at radius 3 is 3.08 bits per heavy atom. The van der Waals surface area contributed by atoms with Crippen molar-refractivity contribution in [2.75, 3.05) is 19.0 Å². The van der Waals surface area contributed by atoms with E-state index >= 15 is 0 Å². The molecule has 0 fully saturated rings. The van der Waals surface area contributed by atoms with Crippen molar-refractivity contribution in [2.45, 2.75) is 6.54 Å². The topological polar surface area (TPSA) is 67.2 Å². The van der Waals surface area contributed by atoms with Crippen molar-refractivity contribution in [3.05, 3.63) is 12.0 Å². The van der Waals surface area contributed by atoms with E-state index in [2.05, 4.69) is 10.3 Å². The van der Waals surface area contributed by atoms with Crippen LogP contribution in [0.25, 0.3) is 0 Å². The number of aldehydes is 1. The van der Waals surface area contributed by atoms with E-state index in [1.54, 1.807) is 11.6 Å². The molecule has 0 aliphatic rings. The number of hydrogen-bond donors (Lipinski definition) is 2. The van der Waals surface area contributed by atoms with Gasteiger partial charge in [0, 0.05) is 13.6 Å². The third-order valence-electron chi connectivity index (χ3n) is 1.57. The minimum atomic E-state index is 0.000351. The molecule has 12 heavy (non-hydrogen) atoms. The molecule has 0 atom stereocenters. The summed E-state index contributed by atoms with van der Waals surface area (Å²) < 4.78 is 1.60. The first-order valence-corrected chi connectivity index (χ1v) is 3.62. The Labute approximate surface area is 70.0 Å². The number of carbonyl (C=O) groups excluding carboxylic acids is 1. The molecule has 0 amide bonds. The first-order valence-electron chi connectivity index (χ1n) is 3.62. The smallest absolute Gasteiger partial charge is 0.170 e. The third kappa shape index (κ3) is 1.45. The second kappa shape index (κ2) is 3.87. The number of nitrogens with zero attached hydrogens (tertiary/aromatic N) is 2. The lowest BCUT2D eigenvalue weighted by molar-refractivity contribution is 0.111. The summed E-state index contributed by atoms with van der Waals surface area (Å²) in [5, 5.41) is 11.4. The van der Waals surface area contributed by atoms with Crippen LogP contribution in [0.1, 0.15) is 10.5 Å². The van der Waals surface area contributed by atoms with Crippen molar-refractivity contribution in [2.24, 2.45) is 0 Å². The van der Waals surface area contributed by atoms with Gasteiger partial charge in [-0.3, -0.25) is 4.79 Å².